The number of nitrogens with two attached hydrogens (primary N) is 1. The Balaban J connectivity index is 1.73. The number of carbonyl (C=O) groups excluding carboxylic acids is 2. The highest BCUT2D eigenvalue weighted by Gasteiger charge is 2.22. The maximum atomic E-state index is 11.8. The van der Waals surface area contributed by atoms with E-state index < -0.39 is 0 Å². The van der Waals surface area contributed by atoms with Crippen molar-refractivity contribution in [3.8, 4) is 0 Å². The highest BCUT2D eigenvalue weighted by Crippen LogP contribution is 2.25. The first-order valence-electron chi connectivity index (χ1n) is 8.20. The van der Waals surface area contributed by atoms with Crippen LogP contribution >= 0.6 is 0 Å². The van der Waals surface area contributed by atoms with Crippen molar-refractivity contribution >= 4 is 28.5 Å². The molecule has 3 rings (SSSR count). The number of aromatic nitrogens is 4. The predicted octanol–water partition coefficient (Wildman–Crippen LogP) is 1.26. The van der Waals surface area contributed by atoms with Gasteiger partial charge >= 0.3 is 0 Å². The van der Waals surface area contributed by atoms with Crippen molar-refractivity contribution < 1.29 is 9.59 Å². The van der Waals surface area contributed by atoms with Gasteiger partial charge in [-0.25, -0.2) is 14.6 Å². The first-order valence-corrected chi connectivity index (χ1v) is 8.20. The lowest BCUT2D eigenvalue weighted by molar-refractivity contribution is -0.130. The zero-order chi connectivity index (χ0) is 17.3. The molecule has 1 fully saturated rings. The van der Waals surface area contributed by atoms with Crippen LogP contribution in [0.2, 0.25) is 0 Å². The van der Waals surface area contributed by atoms with E-state index in [0.717, 1.165) is 32.4 Å². The van der Waals surface area contributed by atoms with Crippen molar-refractivity contribution in [1.82, 2.24) is 24.6 Å². The Morgan fingerprint density at radius 1 is 1.25 bits per heavy atom. The number of anilines is 1. The minimum absolute atomic E-state index is 0.143. The van der Waals surface area contributed by atoms with E-state index in [1.165, 1.54) is 13.3 Å². The van der Waals surface area contributed by atoms with E-state index in [1.54, 1.807) is 11.6 Å². The zero-order valence-electron chi connectivity index (χ0n) is 14.0. The van der Waals surface area contributed by atoms with Crippen molar-refractivity contribution in [2.24, 2.45) is 5.92 Å². The largest absolute Gasteiger partial charge is 0.383 e. The lowest BCUT2D eigenvalue weighted by Crippen LogP contribution is -2.37. The Bertz CT molecular complexity index is 776. The summed E-state index contributed by atoms with van der Waals surface area (Å²) < 4.78 is 1.75. The number of Topliss-reactive ketones (excluding diaryl/α,β-unsaturated/α-hetero) is 1. The fraction of sp³-hybridized carbons (Fsp3) is 0.562. The van der Waals surface area contributed by atoms with Gasteiger partial charge in [0.15, 0.2) is 11.4 Å². The average molecular weight is 330 g/mol. The maximum absolute atomic E-state index is 11.8. The number of hydrogen-bond acceptors (Lipinski definition) is 6. The van der Waals surface area contributed by atoms with Crippen LogP contribution in [0.4, 0.5) is 5.82 Å². The summed E-state index contributed by atoms with van der Waals surface area (Å²) >= 11 is 0. The van der Waals surface area contributed by atoms with Gasteiger partial charge in [-0.15, -0.1) is 0 Å². The normalized spacial score (nSPS) is 15.8. The molecule has 2 aromatic rings. The second-order valence-electron chi connectivity index (χ2n) is 6.32. The summed E-state index contributed by atoms with van der Waals surface area (Å²) in [6.45, 7) is 5.38. The van der Waals surface area contributed by atoms with Crippen molar-refractivity contribution in [2.75, 3.05) is 18.8 Å². The molecule has 8 nitrogen and oxygen atoms in total. The molecule has 0 bridgehead atoms. The number of ketones is 1. The van der Waals surface area contributed by atoms with Crippen LogP contribution in [0.25, 0.3) is 11.0 Å². The molecule has 0 saturated carbocycles. The van der Waals surface area contributed by atoms with Gasteiger partial charge < -0.3 is 10.6 Å². The molecule has 1 amide bonds. The molecule has 1 aliphatic rings. The average Bonchev–Trinajstić information content (AvgIpc) is 2.94. The SMILES string of the molecule is CC(=O)c1nn(CCC2CCN(C(C)=O)CC2)c2ncnc(N)c12. The number of carbonyl (C=O) groups is 2. The highest BCUT2D eigenvalue weighted by atomic mass is 16.2. The molecule has 0 spiro atoms. The van der Waals surface area contributed by atoms with Gasteiger partial charge in [-0.05, 0) is 25.2 Å². The number of aryl methyl sites for hydroxylation is 1. The molecular weight excluding hydrogens is 308 g/mol. The number of piperidine rings is 1. The van der Waals surface area contributed by atoms with Crippen molar-refractivity contribution in [1.29, 1.82) is 0 Å². The third-order valence-electron chi connectivity index (χ3n) is 4.70. The van der Waals surface area contributed by atoms with Crippen LogP contribution in [0.5, 0.6) is 0 Å². The molecule has 0 atom stereocenters. The number of rotatable bonds is 4. The number of fused-ring (bicyclic) bond motifs is 1. The smallest absolute Gasteiger partial charge is 0.219 e. The number of nitrogen functional groups attached to an aromatic ring is 1. The van der Waals surface area contributed by atoms with E-state index in [0.29, 0.717) is 29.2 Å². The summed E-state index contributed by atoms with van der Waals surface area (Å²) in [6, 6.07) is 0. The van der Waals surface area contributed by atoms with Gasteiger partial charge in [0.1, 0.15) is 17.8 Å². The molecule has 0 unspecified atom stereocenters. The van der Waals surface area contributed by atoms with E-state index in [9.17, 15) is 9.59 Å². The third kappa shape index (κ3) is 3.08. The van der Waals surface area contributed by atoms with Gasteiger partial charge in [0.2, 0.25) is 5.91 Å². The fourth-order valence-corrected chi connectivity index (χ4v) is 3.27. The molecule has 1 saturated heterocycles. The van der Waals surface area contributed by atoms with Crippen LogP contribution in [-0.2, 0) is 11.3 Å². The number of hydrogen-bond donors (Lipinski definition) is 1. The quantitative estimate of drug-likeness (QED) is 0.846. The predicted molar refractivity (Wildman–Crippen MR) is 89.3 cm³/mol. The van der Waals surface area contributed by atoms with Crippen molar-refractivity contribution in [2.45, 2.75) is 39.7 Å². The Labute approximate surface area is 140 Å². The van der Waals surface area contributed by atoms with Crippen LogP contribution in [0, 0.1) is 5.92 Å². The van der Waals surface area contributed by atoms with Crippen LogP contribution in [0.3, 0.4) is 0 Å². The van der Waals surface area contributed by atoms with Crippen molar-refractivity contribution in [3.05, 3.63) is 12.0 Å². The van der Waals surface area contributed by atoms with Crippen LogP contribution in [0.15, 0.2) is 6.33 Å². The van der Waals surface area contributed by atoms with Gasteiger partial charge in [0.25, 0.3) is 0 Å². The van der Waals surface area contributed by atoms with Gasteiger partial charge in [-0.2, -0.15) is 5.10 Å². The Morgan fingerprint density at radius 3 is 2.58 bits per heavy atom. The standard InChI is InChI=1S/C16H22N6O2/c1-10(23)14-13-15(17)18-9-19-16(13)22(20-14)8-5-12-3-6-21(7-4-12)11(2)24/h9,12H,3-8H2,1-2H3,(H2,17,18,19). The monoisotopic (exact) mass is 330 g/mol. The molecule has 2 N–H and O–H groups in total. The summed E-state index contributed by atoms with van der Waals surface area (Å²) in [4.78, 5) is 33.3. The zero-order valence-corrected chi connectivity index (χ0v) is 14.0. The van der Waals surface area contributed by atoms with E-state index in [4.69, 9.17) is 5.73 Å². The van der Waals surface area contributed by atoms with E-state index in [1.807, 2.05) is 4.90 Å². The Morgan fingerprint density at radius 2 is 1.96 bits per heavy atom. The van der Waals surface area contributed by atoms with E-state index in [2.05, 4.69) is 15.1 Å². The summed E-state index contributed by atoms with van der Waals surface area (Å²) in [5.41, 5.74) is 6.83. The molecule has 3 heterocycles. The van der Waals surface area contributed by atoms with Crippen LogP contribution in [0.1, 0.15) is 43.6 Å². The third-order valence-corrected chi connectivity index (χ3v) is 4.70. The van der Waals surface area contributed by atoms with E-state index in [-0.39, 0.29) is 17.5 Å². The molecule has 0 radical (unpaired) electrons. The number of likely N-dealkylation sites (tertiary alicyclic amines) is 1. The Hall–Kier alpha value is -2.51. The summed E-state index contributed by atoms with van der Waals surface area (Å²) in [5, 5.41) is 4.94. The van der Waals surface area contributed by atoms with Gasteiger partial charge in [0, 0.05) is 33.5 Å². The highest BCUT2D eigenvalue weighted by molar-refractivity contribution is 6.07. The number of amides is 1. The number of nitrogens with zero attached hydrogens (tertiary/aromatic N) is 5. The topological polar surface area (TPSA) is 107 Å². The van der Waals surface area contributed by atoms with Gasteiger partial charge in [0.05, 0.1) is 5.39 Å². The molecule has 1 aliphatic heterocycles. The molecule has 2 aromatic heterocycles. The molecule has 24 heavy (non-hydrogen) atoms. The van der Waals surface area contributed by atoms with Crippen LogP contribution in [-0.4, -0.2) is 49.4 Å². The molecule has 128 valence electrons. The Kier molecular flexibility index (Phi) is 4.46. The molecule has 0 aromatic carbocycles. The lowest BCUT2D eigenvalue weighted by Gasteiger charge is -2.31. The summed E-state index contributed by atoms with van der Waals surface area (Å²) in [7, 11) is 0. The van der Waals surface area contributed by atoms with Gasteiger partial charge in [-0.3, -0.25) is 9.59 Å². The molecular formula is C16H22N6O2. The fourth-order valence-electron chi connectivity index (χ4n) is 3.27. The molecule has 0 aliphatic carbocycles. The van der Waals surface area contributed by atoms with E-state index >= 15 is 0 Å². The lowest BCUT2D eigenvalue weighted by atomic mass is 9.93. The summed E-state index contributed by atoms with van der Waals surface area (Å²) in [6.07, 6.45) is 4.32. The second kappa shape index (κ2) is 6.54. The van der Waals surface area contributed by atoms with Crippen molar-refractivity contribution in [3.63, 3.8) is 0 Å². The van der Waals surface area contributed by atoms with Crippen LogP contribution < -0.4 is 5.73 Å². The van der Waals surface area contributed by atoms with Gasteiger partial charge in [-0.1, -0.05) is 0 Å². The minimum atomic E-state index is -0.144. The maximum Gasteiger partial charge on any atom is 0.219 e. The second-order valence-corrected chi connectivity index (χ2v) is 6.32. The first-order chi connectivity index (χ1) is 11.5. The first kappa shape index (κ1) is 16.4. The summed E-state index contributed by atoms with van der Waals surface area (Å²) in [5.74, 6) is 0.825. The minimum Gasteiger partial charge on any atom is -0.383 e. The molecule has 8 heteroatoms.